The SMILES string of the molecule is Nc1nccnc1C(=O)NCCNc1ccccc1[N+](=O)[O-]. The van der Waals surface area contributed by atoms with Gasteiger partial charge in [0.15, 0.2) is 11.5 Å². The van der Waals surface area contributed by atoms with Crippen LogP contribution in [0.1, 0.15) is 10.5 Å². The Labute approximate surface area is 125 Å². The predicted octanol–water partition coefficient (Wildman–Crippen LogP) is 0.809. The van der Waals surface area contributed by atoms with Gasteiger partial charge in [0.1, 0.15) is 5.69 Å². The summed E-state index contributed by atoms with van der Waals surface area (Å²) in [6.45, 7) is 0.567. The number of nitro benzene ring substituents is 1. The van der Waals surface area contributed by atoms with Crippen molar-refractivity contribution in [2.45, 2.75) is 0 Å². The molecule has 0 saturated carbocycles. The first kappa shape index (κ1) is 15.2. The lowest BCUT2D eigenvalue weighted by molar-refractivity contribution is -0.384. The van der Waals surface area contributed by atoms with Crippen molar-refractivity contribution in [3.05, 3.63) is 52.5 Å². The number of nitrogens with one attached hydrogen (secondary N) is 2. The van der Waals surface area contributed by atoms with Gasteiger partial charge in [0.2, 0.25) is 0 Å². The summed E-state index contributed by atoms with van der Waals surface area (Å²) in [7, 11) is 0. The second kappa shape index (κ2) is 6.97. The third-order valence-electron chi connectivity index (χ3n) is 2.77. The van der Waals surface area contributed by atoms with Gasteiger partial charge in [-0.05, 0) is 6.07 Å². The van der Waals surface area contributed by atoms with Crippen LogP contribution in [-0.4, -0.2) is 33.9 Å². The van der Waals surface area contributed by atoms with Gasteiger partial charge >= 0.3 is 0 Å². The Bertz CT molecular complexity index is 691. The summed E-state index contributed by atoms with van der Waals surface area (Å²) in [5.74, 6) is -0.401. The Morgan fingerprint density at radius 1 is 1.23 bits per heavy atom. The van der Waals surface area contributed by atoms with Crippen molar-refractivity contribution in [1.29, 1.82) is 0 Å². The molecule has 1 aromatic carbocycles. The minimum absolute atomic E-state index is 0.0213. The summed E-state index contributed by atoms with van der Waals surface area (Å²) < 4.78 is 0. The molecule has 0 aliphatic carbocycles. The average molecular weight is 302 g/mol. The van der Waals surface area contributed by atoms with E-state index in [1.54, 1.807) is 18.2 Å². The van der Waals surface area contributed by atoms with Crippen molar-refractivity contribution in [2.24, 2.45) is 0 Å². The second-order valence-corrected chi connectivity index (χ2v) is 4.25. The largest absolute Gasteiger partial charge is 0.382 e. The van der Waals surface area contributed by atoms with E-state index in [0.29, 0.717) is 12.2 Å². The van der Waals surface area contributed by atoms with Crippen LogP contribution in [0.15, 0.2) is 36.7 Å². The molecule has 4 N–H and O–H groups in total. The maximum atomic E-state index is 11.8. The molecule has 0 aliphatic heterocycles. The first-order chi connectivity index (χ1) is 10.6. The fraction of sp³-hybridized carbons (Fsp3) is 0.154. The maximum Gasteiger partial charge on any atom is 0.292 e. The van der Waals surface area contributed by atoms with E-state index in [-0.39, 0.29) is 23.7 Å². The Morgan fingerprint density at radius 3 is 2.68 bits per heavy atom. The van der Waals surface area contributed by atoms with Gasteiger partial charge < -0.3 is 16.4 Å². The molecule has 9 nitrogen and oxygen atoms in total. The van der Waals surface area contributed by atoms with Gasteiger partial charge in [-0.3, -0.25) is 14.9 Å². The van der Waals surface area contributed by atoms with Crippen LogP contribution < -0.4 is 16.4 Å². The highest BCUT2D eigenvalue weighted by Crippen LogP contribution is 2.22. The number of amides is 1. The monoisotopic (exact) mass is 302 g/mol. The first-order valence-electron chi connectivity index (χ1n) is 6.41. The Kier molecular flexibility index (Phi) is 4.81. The van der Waals surface area contributed by atoms with Gasteiger partial charge in [-0.25, -0.2) is 9.97 Å². The molecule has 2 rings (SSSR count). The number of para-hydroxylation sites is 2. The Balaban J connectivity index is 1.87. The number of rotatable bonds is 6. The number of nitrogens with zero attached hydrogens (tertiary/aromatic N) is 3. The van der Waals surface area contributed by atoms with E-state index in [1.165, 1.54) is 18.5 Å². The van der Waals surface area contributed by atoms with Crippen molar-refractivity contribution in [3.63, 3.8) is 0 Å². The van der Waals surface area contributed by atoms with E-state index in [4.69, 9.17) is 5.73 Å². The third-order valence-corrected chi connectivity index (χ3v) is 2.77. The van der Waals surface area contributed by atoms with Gasteiger partial charge in [0.25, 0.3) is 11.6 Å². The molecular formula is C13H14N6O3. The number of anilines is 2. The van der Waals surface area contributed by atoms with E-state index < -0.39 is 10.8 Å². The van der Waals surface area contributed by atoms with Crippen LogP contribution in [0.2, 0.25) is 0 Å². The third kappa shape index (κ3) is 3.66. The van der Waals surface area contributed by atoms with E-state index in [2.05, 4.69) is 20.6 Å². The average Bonchev–Trinajstić information content (AvgIpc) is 2.52. The lowest BCUT2D eigenvalue weighted by Crippen LogP contribution is -2.30. The zero-order valence-electron chi connectivity index (χ0n) is 11.5. The van der Waals surface area contributed by atoms with E-state index in [9.17, 15) is 14.9 Å². The lowest BCUT2D eigenvalue weighted by Gasteiger charge is -2.08. The summed E-state index contributed by atoms with van der Waals surface area (Å²) in [5, 5.41) is 16.3. The number of carbonyl (C=O) groups is 1. The Morgan fingerprint density at radius 2 is 1.95 bits per heavy atom. The summed E-state index contributed by atoms with van der Waals surface area (Å²) in [6, 6.07) is 6.28. The molecule has 0 spiro atoms. The van der Waals surface area contributed by atoms with Gasteiger partial charge in [-0.1, -0.05) is 12.1 Å². The fourth-order valence-corrected chi connectivity index (χ4v) is 1.76. The molecule has 0 atom stereocenters. The van der Waals surface area contributed by atoms with Crippen molar-refractivity contribution >= 4 is 23.1 Å². The first-order valence-corrected chi connectivity index (χ1v) is 6.41. The van der Waals surface area contributed by atoms with Crippen molar-refractivity contribution in [3.8, 4) is 0 Å². The van der Waals surface area contributed by atoms with Crippen molar-refractivity contribution in [2.75, 3.05) is 24.1 Å². The molecule has 1 aromatic heterocycles. The summed E-state index contributed by atoms with van der Waals surface area (Å²) in [5.41, 5.74) is 5.96. The normalized spacial score (nSPS) is 10.0. The maximum absolute atomic E-state index is 11.8. The summed E-state index contributed by atoms with van der Waals surface area (Å²) in [4.78, 5) is 29.8. The molecule has 0 aliphatic rings. The minimum Gasteiger partial charge on any atom is -0.382 e. The molecule has 0 unspecified atom stereocenters. The quantitative estimate of drug-likeness (QED) is 0.408. The zero-order valence-corrected chi connectivity index (χ0v) is 11.5. The molecular weight excluding hydrogens is 288 g/mol. The number of hydrogen-bond acceptors (Lipinski definition) is 7. The Hall–Kier alpha value is -3.23. The van der Waals surface area contributed by atoms with Crippen molar-refractivity contribution in [1.82, 2.24) is 15.3 Å². The van der Waals surface area contributed by atoms with Crippen LogP contribution in [0.25, 0.3) is 0 Å². The summed E-state index contributed by atoms with van der Waals surface area (Å²) >= 11 is 0. The van der Waals surface area contributed by atoms with E-state index in [0.717, 1.165) is 0 Å². The topological polar surface area (TPSA) is 136 Å². The molecule has 1 amide bonds. The molecule has 0 saturated heterocycles. The zero-order chi connectivity index (χ0) is 15.9. The number of aromatic nitrogens is 2. The molecule has 2 aromatic rings. The number of benzene rings is 1. The van der Waals surface area contributed by atoms with Crippen LogP contribution in [0.3, 0.4) is 0 Å². The standard InChI is InChI=1S/C13H14N6O3/c14-12-11(16-6-7-17-12)13(20)18-8-5-15-9-3-1-2-4-10(9)19(21)22/h1-4,6-7,15H,5,8H2,(H2,14,17)(H,18,20). The highest BCUT2D eigenvalue weighted by Gasteiger charge is 2.13. The van der Waals surface area contributed by atoms with Crippen LogP contribution in [0, 0.1) is 10.1 Å². The van der Waals surface area contributed by atoms with Gasteiger partial charge in [-0.2, -0.15) is 0 Å². The van der Waals surface area contributed by atoms with E-state index >= 15 is 0 Å². The fourth-order valence-electron chi connectivity index (χ4n) is 1.76. The number of carbonyl (C=O) groups excluding carboxylic acids is 1. The van der Waals surface area contributed by atoms with Crippen LogP contribution in [-0.2, 0) is 0 Å². The van der Waals surface area contributed by atoms with Gasteiger partial charge in [-0.15, -0.1) is 0 Å². The van der Waals surface area contributed by atoms with Crippen molar-refractivity contribution < 1.29 is 9.72 Å². The minimum atomic E-state index is -0.471. The lowest BCUT2D eigenvalue weighted by atomic mass is 10.2. The summed E-state index contributed by atoms with van der Waals surface area (Å²) in [6.07, 6.45) is 2.76. The number of nitro groups is 1. The van der Waals surface area contributed by atoms with Crippen LogP contribution in [0.5, 0.6) is 0 Å². The smallest absolute Gasteiger partial charge is 0.292 e. The highest BCUT2D eigenvalue weighted by molar-refractivity contribution is 5.96. The van der Waals surface area contributed by atoms with Gasteiger partial charge in [0.05, 0.1) is 4.92 Å². The number of hydrogen-bond donors (Lipinski definition) is 3. The van der Waals surface area contributed by atoms with E-state index in [1.807, 2.05) is 0 Å². The molecule has 1 heterocycles. The van der Waals surface area contributed by atoms with Gasteiger partial charge in [0, 0.05) is 31.5 Å². The highest BCUT2D eigenvalue weighted by atomic mass is 16.6. The molecule has 22 heavy (non-hydrogen) atoms. The van der Waals surface area contributed by atoms with Crippen LogP contribution >= 0.6 is 0 Å². The molecule has 0 bridgehead atoms. The molecule has 9 heteroatoms. The number of nitrogens with two attached hydrogens (primary N) is 1. The predicted molar refractivity (Wildman–Crippen MR) is 80.4 cm³/mol. The van der Waals surface area contributed by atoms with Crippen LogP contribution in [0.4, 0.5) is 17.2 Å². The molecule has 0 radical (unpaired) electrons. The second-order valence-electron chi connectivity index (χ2n) is 4.25. The molecule has 114 valence electrons. The molecule has 0 fully saturated rings. The number of nitrogen functional groups attached to an aromatic ring is 1.